The summed E-state index contributed by atoms with van der Waals surface area (Å²) in [6, 6.07) is 8.57. The average Bonchev–Trinajstić information content (AvgIpc) is 3.17. The number of hydrogen-bond acceptors (Lipinski definition) is 5. The number of H-pyrrole nitrogens is 1. The monoisotopic (exact) mass is 474 g/mol. The number of hydrogen-bond donors (Lipinski definition) is 2. The third-order valence-electron chi connectivity index (χ3n) is 5.49. The highest BCUT2D eigenvalue weighted by atomic mass is 19.3. The number of nitrogens with zero attached hydrogens (tertiary/aromatic N) is 3. The van der Waals surface area contributed by atoms with Gasteiger partial charge in [-0.2, -0.15) is 4.99 Å². The lowest BCUT2D eigenvalue weighted by atomic mass is 10.1. The fraction of sp³-hybridized carbons (Fsp3) is 0.348. The maximum absolute atomic E-state index is 13.0. The van der Waals surface area contributed by atoms with Gasteiger partial charge >= 0.3 is 6.09 Å². The maximum atomic E-state index is 13.0. The van der Waals surface area contributed by atoms with E-state index in [1.807, 2.05) is 0 Å². The Bertz CT molecular complexity index is 1280. The Morgan fingerprint density at radius 3 is 2.85 bits per heavy atom. The highest BCUT2D eigenvalue weighted by Crippen LogP contribution is 2.34. The van der Waals surface area contributed by atoms with Gasteiger partial charge in [-0.3, -0.25) is 9.69 Å². The van der Waals surface area contributed by atoms with Crippen molar-refractivity contribution in [3.8, 4) is 5.75 Å². The first kappa shape index (κ1) is 23.4. The lowest BCUT2D eigenvalue weighted by Gasteiger charge is -2.27. The lowest BCUT2D eigenvalue weighted by Crippen LogP contribution is -2.37. The number of aliphatic hydroxyl groups is 1. The number of nitrogens with one attached hydrogen (secondary N) is 1. The predicted octanol–water partition coefficient (Wildman–Crippen LogP) is 3.39. The first-order valence-corrected chi connectivity index (χ1v) is 10.8. The number of imidazole rings is 1. The van der Waals surface area contributed by atoms with Crippen LogP contribution in [0.1, 0.15) is 35.2 Å². The van der Waals surface area contributed by atoms with Gasteiger partial charge in [0.05, 0.1) is 30.4 Å². The van der Waals surface area contributed by atoms with Gasteiger partial charge in [0.2, 0.25) is 5.62 Å². The van der Waals surface area contributed by atoms with Gasteiger partial charge in [0.1, 0.15) is 5.75 Å². The van der Waals surface area contributed by atoms with Gasteiger partial charge in [-0.15, -0.1) is 0 Å². The molecule has 0 unspecified atom stereocenters. The molecule has 34 heavy (non-hydrogen) atoms. The highest BCUT2D eigenvalue weighted by molar-refractivity contribution is 5.96. The molecule has 0 radical (unpaired) electrons. The number of carbonyl (C=O) groups excluding carboxylic acids is 2. The minimum atomic E-state index is -2.71. The van der Waals surface area contributed by atoms with E-state index in [1.54, 1.807) is 16.7 Å². The minimum Gasteiger partial charge on any atom is -0.494 e. The fourth-order valence-electron chi connectivity index (χ4n) is 3.84. The molecule has 4 rings (SSSR count). The van der Waals surface area contributed by atoms with E-state index < -0.39 is 18.4 Å². The first-order valence-electron chi connectivity index (χ1n) is 10.8. The lowest BCUT2D eigenvalue weighted by molar-refractivity contribution is 0.0996. The van der Waals surface area contributed by atoms with Gasteiger partial charge in [-0.25, -0.2) is 13.6 Å². The molecular formula is C23H24F2N4O5. The second-order valence-corrected chi connectivity index (χ2v) is 7.68. The van der Waals surface area contributed by atoms with Crippen molar-refractivity contribution in [2.75, 3.05) is 31.8 Å². The van der Waals surface area contributed by atoms with Crippen LogP contribution < -0.4 is 15.3 Å². The molecule has 0 saturated carbocycles. The fourth-order valence-corrected chi connectivity index (χ4v) is 3.84. The summed E-state index contributed by atoms with van der Waals surface area (Å²) in [6.45, 7) is 1.05. The topological polar surface area (TPSA) is 109 Å². The molecule has 2 heterocycles. The molecule has 1 aliphatic rings. The van der Waals surface area contributed by atoms with Gasteiger partial charge in [0.25, 0.3) is 12.3 Å². The number of aromatic amines is 1. The number of cyclic esters (lactones) is 1. The van der Waals surface area contributed by atoms with E-state index >= 15 is 0 Å². The van der Waals surface area contributed by atoms with Crippen molar-refractivity contribution in [2.45, 2.75) is 25.8 Å². The van der Waals surface area contributed by atoms with Crippen molar-refractivity contribution in [2.24, 2.45) is 4.99 Å². The zero-order valence-corrected chi connectivity index (χ0v) is 18.5. The van der Waals surface area contributed by atoms with Crippen molar-refractivity contribution in [1.82, 2.24) is 9.55 Å². The number of alkyl halides is 2. The van der Waals surface area contributed by atoms with Crippen LogP contribution in [0.5, 0.6) is 5.75 Å². The molecule has 1 saturated heterocycles. The Balaban J connectivity index is 1.83. The molecule has 180 valence electrons. The molecule has 9 nitrogen and oxygen atoms in total. The first-order chi connectivity index (χ1) is 16.4. The smallest absolute Gasteiger partial charge is 0.414 e. The van der Waals surface area contributed by atoms with Crippen molar-refractivity contribution < 1.29 is 33.0 Å². The molecule has 0 atom stereocenters. The minimum absolute atomic E-state index is 0.0273. The Morgan fingerprint density at radius 2 is 2.15 bits per heavy atom. The summed E-state index contributed by atoms with van der Waals surface area (Å²) in [5, 5.41) is 9.34. The van der Waals surface area contributed by atoms with Crippen LogP contribution >= 0.6 is 0 Å². The van der Waals surface area contributed by atoms with Gasteiger partial charge in [0.15, 0.2) is 0 Å². The number of aryl methyl sites for hydroxylation is 1. The van der Waals surface area contributed by atoms with Gasteiger partial charge < -0.3 is 24.1 Å². The van der Waals surface area contributed by atoms with Crippen molar-refractivity contribution in [1.29, 1.82) is 0 Å². The van der Waals surface area contributed by atoms with E-state index in [2.05, 4.69) is 9.98 Å². The van der Waals surface area contributed by atoms with Crippen LogP contribution in [0, 0.1) is 0 Å². The number of amides is 2. The Morgan fingerprint density at radius 1 is 1.32 bits per heavy atom. The number of aromatic nitrogens is 2. The molecule has 1 aliphatic heterocycles. The average molecular weight is 474 g/mol. The highest BCUT2D eigenvalue weighted by Gasteiger charge is 2.25. The summed E-state index contributed by atoms with van der Waals surface area (Å²) < 4.78 is 38.4. The maximum Gasteiger partial charge on any atom is 0.414 e. The molecular weight excluding hydrogens is 450 g/mol. The van der Waals surface area contributed by atoms with Crippen LogP contribution in [0.3, 0.4) is 0 Å². The number of carbonyl (C=O) groups is 2. The van der Waals surface area contributed by atoms with Crippen LogP contribution in [0.25, 0.3) is 11.0 Å². The van der Waals surface area contributed by atoms with Crippen molar-refractivity contribution in [3.63, 3.8) is 0 Å². The predicted molar refractivity (Wildman–Crippen MR) is 119 cm³/mol. The Hall–Kier alpha value is -3.73. The molecule has 0 aliphatic carbocycles. The summed E-state index contributed by atoms with van der Waals surface area (Å²) in [7, 11) is 1.48. The molecule has 0 spiro atoms. The summed E-state index contributed by atoms with van der Waals surface area (Å²) in [6.07, 6.45) is -2.14. The summed E-state index contributed by atoms with van der Waals surface area (Å²) in [5.74, 6) is -0.274. The molecule has 11 heteroatoms. The summed E-state index contributed by atoms with van der Waals surface area (Å²) in [5.41, 5.74) is 1.63. The SMILES string of the molecule is COc1cc2c(cc1N1CCCOC1=O)[nH]/c(=N\C(=O)c1cccc(C(F)F)c1)n2CCCO. The van der Waals surface area contributed by atoms with E-state index in [1.165, 1.54) is 30.2 Å². The zero-order valence-electron chi connectivity index (χ0n) is 18.5. The van der Waals surface area contributed by atoms with E-state index in [9.17, 15) is 23.5 Å². The number of ether oxygens (including phenoxy) is 2. The molecule has 1 aromatic heterocycles. The largest absolute Gasteiger partial charge is 0.494 e. The van der Waals surface area contributed by atoms with Crippen LogP contribution in [-0.4, -0.2) is 53.5 Å². The quantitative estimate of drug-likeness (QED) is 0.546. The number of aliphatic hydroxyl groups excluding tert-OH is 1. The van der Waals surface area contributed by atoms with E-state index in [4.69, 9.17) is 9.47 Å². The van der Waals surface area contributed by atoms with Crippen molar-refractivity contribution >= 4 is 28.7 Å². The van der Waals surface area contributed by atoms with Gasteiger partial charge in [-0.05, 0) is 31.0 Å². The zero-order chi connectivity index (χ0) is 24.2. The number of fused-ring (bicyclic) bond motifs is 1. The van der Waals surface area contributed by atoms with E-state index in [0.717, 1.165) is 6.07 Å². The summed E-state index contributed by atoms with van der Waals surface area (Å²) in [4.78, 5) is 33.7. The second kappa shape index (κ2) is 10.0. The van der Waals surface area contributed by atoms with Gasteiger partial charge in [-0.1, -0.05) is 12.1 Å². The Kier molecular flexibility index (Phi) is 6.92. The third kappa shape index (κ3) is 4.65. The number of halogens is 2. The molecule has 2 amide bonds. The van der Waals surface area contributed by atoms with Gasteiger partial charge in [0, 0.05) is 36.9 Å². The molecule has 2 N–H and O–H groups in total. The molecule has 1 fully saturated rings. The standard InChI is InChI=1S/C23H24F2N4O5/c1-33-19-13-17-16(12-18(19)29-8-4-10-34-23(29)32)26-22(28(17)7-3-9-30)27-21(31)15-6-2-5-14(11-15)20(24)25/h2,5-6,11-13,20,30H,3-4,7-10H2,1H3,(H,26,27,31). The molecule has 2 aromatic carbocycles. The second-order valence-electron chi connectivity index (χ2n) is 7.68. The number of rotatable bonds is 7. The van der Waals surface area contributed by atoms with Crippen molar-refractivity contribution in [3.05, 3.63) is 53.1 Å². The number of benzene rings is 2. The number of anilines is 1. The van der Waals surface area contributed by atoms with Crippen LogP contribution in [0.4, 0.5) is 19.3 Å². The molecule has 0 bridgehead atoms. The molecule has 3 aromatic rings. The van der Waals surface area contributed by atoms with Crippen LogP contribution in [-0.2, 0) is 11.3 Å². The van der Waals surface area contributed by atoms with E-state index in [0.29, 0.717) is 55.0 Å². The van der Waals surface area contributed by atoms with Crippen LogP contribution in [0.2, 0.25) is 0 Å². The van der Waals surface area contributed by atoms with E-state index in [-0.39, 0.29) is 23.4 Å². The summed E-state index contributed by atoms with van der Waals surface area (Å²) >= 11 is 0. The number of methoxy groups -OCH3 is 1. The normalized spacial score (nSPS) is 14.7. The Labute approximate surface area is 193 Å². The van der Waals surface area contributed by atoms with Crippen LogP contribution in [0.15, 0.2) is 41.4 Å². The third-order valence-corrected chi connectivity index (χ3v) is 5.49.